The summed E-state index contributed by atoms with van der Waals surface area (Å²) in [5.41, 5.74) is 0.698. The lowest BCUT2D eigenvalue weighted by atomic mass is 10.1. The number of hydrogen-bond donors (Lipinski definition) is 1. The fourth-order valence-electron chi connectivity index (χ4n) is 2.40. The highest BCUT2D eigenvalue weighted by atomic mass is 32.2. The summed E-state index contributed by atoms with van der Waals surface area (Å²) in [5.74, 6) is -1.41. The van der Waals surface area contributed by atoms with Crippen LogP contribution in [0.4, 0.5) is 8.78 Å². The Hall–Kier alpha value is -2.32. The number of rotatable bonds is 7. The molecule has 140 valence electrons. The highest BCUT2D eigenvalue weighted by Crippen LogP contribution is 2.17. The van der Waals surface area contributed by atoms with Gasteiger partial charge in [0.15, 0.2) is 0 Å². The molecule has 0 saturated heterocycles. The van der Waals surface area contributed by atoms with E-state index in [1.807, 2.05) is 0 Å². The number of halogens is 2. The molecule has 0 saturated carbocycles. The summed E-state index contributed by atoms with van der Waals surface area (Å²) in [5, 5.41) is 2.69. The minimum absolute atomic E-state index is 0.0814. The van der Waals surface area contributed by atoms with Crippen LogP contribution in [-0.4, -0.2) is 31.7 Å². The molecule has 0 spiro atoms. The Labute approximate surface area is 151 Å². The molecule has 0 aliphatic heterocycles. The summed E-state index contributed by atoms with van der Waals surface area (Å²) in [6, 6.07) is 9.69. The van der Waals surface area contributed by atoms with Crippen molar-refractivity contribution < 1.29 is 22.0 Å². The summed E-state index contributed by atoms with van der Waals surface area (Å²) < 4.78 is 52.1. The number of sulfonamides is 1. The first-order valence-electron chi connectivity index (χ1n) is 8.04. The van der Waals surface area contributed by atoms with Crippen LogP contribution in [0.15, 0.2) is 53.4 Å². The van der Waals surface area contributed by atoms with Crippen molar-refractivity contribution in [1.82, 2.24) is 9.62 Å². The number of hydrogen-bond acceptors (Lipinski definition) is 3. The van der Waals surface area contributed by atoms with E-state index in [1.54, 1.807) is 26.0 Å². The molecule has 2 aromatic carbocycles. The van der Waals surface area contributed by atoms with Crippen LogP contribution in [0, 0.1) is 11.6 Å². The van der Waals surface area contributed by atoms with Gasteiger partial charge in [0.1, 0.15) is 11.6 Å². The van der Waals surface area contributed by atoms with E-state index < -0.39 is 27.8 Å². The zero-order valence-corrected chi connectivity index (χ0v) is 15.3. The Bertz CT molecular complexity index is 853. The van der Waals surface area contributed by atoms with Crippen molar-refractivity contribution in [3.05, 3.63) is 65.7 Å². The molecular formula is C18H20F2N2O3S. The number of carbonyl (C=O) groups is 1. The number of benzene rings is 2. The minimum Gasteiger partial charge on any atom is -0.348 e. The maximum absolute atomic E-state index is 13.0. The maximum Gasteiger partial charge on any atom is 0.243 e. The van der Waals surface area contributed by atoms with Crippen molar-refractivity contribution in [2.24, 2.45) is 0 Å². The first kappa shape index (κ1) is 20.0. The van der Waals surface area contributed by atoms with Crippen LogP contribution in [0.25, 0.3) is 0 Å². The van der Waals surface area contributed by atoms with Gasteiger partial charge in [0.25, 0.3) is 0 Å². The number of amides is 1. The predicted octanol–water partition coefficient (Wildman–Crippen LogP) is 2.85. The third-order valence-electron chi connectivity index (χ3n) is 3.87. The van der Waals surface area contributed by atoms with E-state index in [0.717, 1.165) is 28.6 Å². The third kappa shape index (κ3) is 4.86. The second kappa shape index (κ2) is 8.37. The maximum atomic E-state index is 13.0. The summed E-state index contributed by atoms with van der Waals surface area (Å²) in [6.07, 6.45) is 0. The Kier molecular flexibility index (Phi) is 6.44. The molecule has 0 radical (unpaired) electrons. The van der Waals surface area contributed by atoms with Gasteiger partial charge in [-0.3, -0.25) is 4.79 Å². The summed E-state index contributed by atoms with van der Waals surface area (Å²) in [7, 11) is -3.91. The number of nitrogens with one attached hydrogen (secondary N) is 1. The first-order chi connectivity index (χ1) is 12.2. The fourth-order valence-corrected chi connectivity index (χ4v) is 3.81. The average Bonchev–Trinajstić information content (AvgIpc) is 2.60. The van der Waals surface area contributed by atoms with Crippen molar-refractivity contribution in [2.45, 2.75) is 24.8 Å². The standard InChI is InChI=1S/C18H20F2N2O3S/c1-3-22(26(24,25)17-10-8-16(20)9-11-17)12-18(23)21-13(2)14-4-6-15(19)7-5-14/h4-11,13H,3,12H2,1-2H3,(H,21,23)/t13-/m1/s1. The smallest absolute Gasteiger partial charge is 0.243 e. The Balaban J connectivity index is 2.07. The average molecular weight is 382 g/mol. The molecule has 1 atom stereocenters. The zero-order valence-electron chi connectivity index (χ0n) is 14.4. The molecule has 0 aliphatic rings. The van der Waals surface area contributed by atoms with E-state index in [4.69, 9.17) is 0 Å². The van der Waals surface area contributed by atoms with Crippen molar-refractivity contribution in [2.75, 3.05) is 13.1 Å². The molecule has 0 bridgehead atoms. The van der Waals surface area contributed by atoms with Gasteiger partial charge in [-0.15, -0.1) is 0 Å². The van der Waals surface area contributed by atoms with E-state index >= 15 is 0 Å². The molecule has 2 aromatic rings. The molecule has 0 aliphatic carbocycles. The van der Waals surface area contributed by atoms with Crippen LogP contribution in [0.5, 0.6) is 0 Å². The van der Waals surface area contributed by atoms with E-state index in [-0.39, 0.29) is 23.8 Å². The van der Waals surface area contributed by atoms with Gasteiger partial charge >= 0.3 is 0 Å². The lowest BCUT2D eigenvalue weighted by Crippen LogP contribution is -2.41. The minimum atomic E-state index is -3.91. The number of nitrogens with zero attached hydrogens (tertiary/aromatic N) is 1. The van der Waals surface area contributed by atoms with Gasteiger partial charge in [0.2, 0.25) is 15.9 Å². The van der Waals surface area contributed by atoms with Crippen LogP contribution in [0.1, 0.15) is 25.5 Å². The Morgan fingerprint density at radius 3 is 2.04 bits per heavy atom. The summed E-state index contributed by atoms with van der Waals surface area (Å²) >= 11 is 0. The molecule has 0 aromatic heterocycles. The molecule has 0 unspecified atom stereocenters. The lowest BCUT2D eigenvalue weighted by Gasteiger charge is -2.21. The van der Waals surface area contributed by atoms with Crippen LogP contribution in [-0.2, 0) is 14.8 Å². The number of likely N-dealkylation sites (N-methyl/N-ethyl adjacent to an activating group) is 1. The Morgan fingerprint density at radius 1 is 1.04 bits per heavy atom. The number of carbonyl (C=O) groups excluding carboxylic acids is 1. The van der Waals surface area contributed by atoms with Crippen molar-refractivity contribution in [1.29, 1.82) is 0 Å². The molecule has 0 fully saturated rings. The van der Waals surface area contributed by atoms with Crippen molar-refractivity contribution in [3.63, 3.8) is 0 Å². The normalized spacial score (nSPS) is 12.8. The molecule has 1 N–H and O–H groups in total. The van der Waals surface area contributed by atoms with Crippen LogP contribution in [0.2, 0.25) is 0 Å². The second-order valence-corrected chi connectivity index (χ2v) is 7.66. The highest BCUT2D eigenvalue weighted by molar-refractivity contribution is 7.89. The summed E-state index contributed by atoms with van der Waals surface area (Å²) in [6.45, 7) is 3.04. The second-order valence-electron chi connectivity index (χ2n) is 5.73. The van der Waals surface area contributed by atoms with Gasteiger partial charge in [-0.2, -0.15) is 4.31 Å². The van der Waals surface area contributed by atoms with E-state index in [0.29, 0.717) is 5.56 Å². The van der Waals surface area contributed by atoms with Gasteiger partial charge in [-0.1, -0.05) is 19.1 Å². The molecule has 0 heterocycles. The van der Waals surface area contributed by atoms with Crippen LogP contribution < -0.4 is 5.32 Å². The lowest BCUT2D eigenvalue weighted by molar-refractivity contribution is -0.121. The van der Waals surface area contributed by atoms with Gasteiger partial charge in [-0.05, 0) is 48.9 Å². The predicted molar refractivity (Wildman–Crippen MR) is 93.8 cm³/mol. The highest BCUT2D eigenvalue weighted by Gasteiger charge is 2.25. The monoisotopic (exact) mass is 382 g/mol. The molecule has 5 nitrogen and oxygen atoms in total. The molecule has 8 heteroatoms. The zero-order chi connectivity index (χ0) is 19.3. The molecule has 1 amide bonds. The van der Waals surface area contributed by atoms with E-state index in [1.165, 1.54) is 12.1 Å². The van der Waals surface area contributed by atoms with Gasteiger partial charge in [-0.25, -0.2) is 17.2 Å². The van der Waals surface area contributed by atoms with Crippen LogP contribution in [0.3, 0.4) is 0 Å². The van der Waals surface area contributed by atoms with Crippen molar-refractivity contribution >= 4 is 15.9 Å². The summed E-state index contributed by atoms with van der Waals surface area (Å²) in [4.78, 5) is 12.2. The fraction of sp³-hybridized carbons (Fsp3) is 0.278. The Morgan fingerprint density at radius 2 is 1.54 bits per heavy atom. The van der Waals surface area contributed by atoms with Crippen LogP contribution >= 0.6 is 0 Å². The van der Waals surface area contributed by atoms with Gasteiger partial charge in [0.05, 0.1) is 17.5 Å². The molecule has 26 heavy (non-hydrogen) atoms. The largest absolute Gasteiger partial charge is 0.348 e. The molecular weight excluding hydrogens is 362 g/mol. The van der Waals surface area contributed by atoms with E-state index in [2.05, 4.69) is 5.32 Å². The SMILES string of the molecule is CCN(CC(=O)N[C@H](C)c1ccc(F)cc1)S(=O)(=O)c1ccc(F)cc1. The van der Waals surface area contributed by atoms with Gasteiger partial charge < -0.3 is 5.32 Å². The third-order valence-corrected chi connectivity index (χ3v) is 5.81. The molecule has 2 rings (SSSR count). The topological polar surface area (TPSA) is 66.5 Å². The first-order valence-corrected chi connectivity index (χ1v) is 9.48. The van der Waals surface area contributed by atoms with E-state index in [9.17, 15) is 22.0 Å². The van der Waals surface area contributed by atoms with Gasteiger partial charge in [0, 0.05) is 6.54 Å². The quantitative estimate of drug-likeness (QED) is 0.801. The van der Waals surface area contributed by atoms with Crippen molar-refractivity contribution in [3.8, 4) is 0 Å².